The molecule has 0 unspecified atom stereocenters. The minimum atomic E-state index is -0.212. The number of methoxy groups -OCH3 is 1. The van der Waals surface area contributed by atoms with Crippen LogP contribution in [-0.4, -0.2) is 31.4 Å². The van der Waals surface area contributed by atoms with Crippen LogP contribution in [0.3, 0.4) is 0 Å². The van der Waals surface area contributed by atoms with Crippen molar-refractivity contribution in [1.82, 2.24) is 5.16 Å². The first-order chi connectivity index (χ1) is 14.1. The molecule has 7 heteroatoms. The zero-order valence-electron chi connectivity index (χ0n) is 16.7. The van der Waals surface area contributed by atoms with Gasteiger partial charge >= 0.3 is 0 Å². The molecule has 0 aliphatic heterocycles. The highest BCUT2D eigenvalue weighted by atomic mass is 16.5. The van der Waals surface area contributed by atoms with Crippen molar-refractivity contribution in [3.8, 4) is 11.5 Å². The molecule has 7 nitrogen and oxygen atoms in total. The van der Waals surface area contributed by atoms with E-state index in [4.69, 9.17) is 18.7 Å². The Morgan fingerprint density at radius 1 is 1.03 bits per heavy atom. The summed E-state index contributed by atoms with van der Waals surface area (Å²) in [7, 11) is 1.62. The second kappa shape index (κ2) is 9.75. The van der Waals surface area contributed by atoms with E-state index in [9.17, 15) is 4.79 Å². The first kappa shape index (κ1) is 20.4. The average molecular weight is 396 g/mol. The SMILES string of the molecule is COCCOc1cccc(NC(=O)c2ccc(OCc3c(C)noc3C)cc2)c1. The second-order valence-electron chi connectivity index (χ2n) is 6.44. The van der Waals surface area contributed by atoms with Crippen LogP contribution in [0.4, 0.5) is 5.69 Å². The number of hydrogen-bond donors (Lipinski definition) is 1. The Labute approximate surface area is 169 Å². The Balaban J connectivity index is 1.57. The van der Waals surface area contributed by atoms with E-state index in [0.717, 1.165) is 17.0 Å². The Kier molecular flexibility index (Phi) is 6.86. The molecule has 0 saturated heterocycles. The molecule has 0 saturated carbocycles. The summed E-state index contributed by atoms with van der Waals surface area (Å²) in [5.74, 6) is 1.86. The molecule has 152 valence electrons. The van der Waals surface area contributed by atoms with E-state index in [1.807, 2.05) is 32.0 Å². The van der Waals surface area contributed by atoms with Crippen LogP contribution < -0.4 is 14.8 Å². The maximum absolute atomic E-state index is 12.5. The number of carbonyl (C=O) groups excluding carboxylic acids is 1. The van der Waals surface area contributed by atoms with Gasteiger partial charge in [0.05, 0.1) is 17.9 Å². The number of carbonyl (C=O) groups is 1. The van der Waals surface area contributed by atoms with Crippen LogP contribution in [0.2, 0.25) is 0 Å². The maximum Gasteiger partial charge on any atom is 0.255 e. The summed E-state index contributed by atoms with van der Waals surface area (Å²) in [5.41, 5.74) is 2.93. The summed E-state index contributed by atoms with van der Waals surface area (Å²) in [6.07, 6.45) is 0. The van der Waals surface area contributed by atoms with Crippen molar-refractivity contribution < 1.29 is 23.5 Å². The lowest BCUT2D eigenvalue weighted by Crippen LogP contribution is -2.12. The number of nitrogens with one attached hydrogen (secondary N) is 1. The van der Waals surface area contributed by atoms with Crippen LogP contribution in [0.15, 0.2) is 53.1 Å². The van der Waals surface area contributed by atoms with Crippen LogP contribution in [0.25, 0.3) is 0 Å². The third-order valence-corrected chi connectivity index (χ3v) is 4.33. The Morgan fingerprint density at radius 2 is 1.83 bits per heavy atom. The monoisotopic (exact) mass is 396 g/mol. The Morgan fingerprint density at radius 3 is 2.52 bits per heavy atom. The lowest BCUT2D eigenvalue weighted by atomic mass is 10.2. The Bertz CT molecular complexity index is 931. The van der Waals surface area contributed by atoms with Gasteiger partial charge in [-0.15, -0.1) is 0 Å². The number of rotatable bonds is 9. The van der Waals surface area contributed by atoms with Gasteiger partial charge in [-0.2, -0.15) is 0 Å². The molecule has 0 bridgehead atoms. The molecule has 1 N–H and O–H groups in total. The highest BCUT2D eigenvalue weighted by Gasteiger charge is 2.11. The van der Waals surface area contributed by atoms with Gasteiger partial charge in [-0.25, -0.2) is 0 Å². The average Bonchev–Trinajstić information content (AvgIpc) is 3.05. The van der Waals surface area contributed by atoms with E-state index >= 15 is 0 Å². The third kappa shape index (κ3) is 5.58. The predicted molar refractivity (Wildman–Crippen MR) is 109 cm³/mol. The lowest BCUT2D eigenvalue weighted by Gasteiger charge is -2.10. The van der Waals surface area contributed by atoms with Gasteiger partial charge in [0.25, 0.3) is 5.91 Å². The number of nitrogens with zero attached hydrogens (tertiary/aromatic N) is 1. The molecule has 3 aromatic rings. The van der Waals surface area contributed by atoms with Crippen LogP contribution in [0.1, 0.15) is 27.4 Å². The first-order valence-corrected chi connectivity index (χ1v) is 9.24. The summed E-state index contributed by atoms with van der Waals surface area (Å²) in [6.45, 7) is 5.04. The fraction of sp³-hybridized carbons (Fsp3) is 0.273. The zero-order chi connectivity index (χ0) is 20.6. The number of hydrogen-bond acceptors (Lipinski definition) is 6. The van der Waals surface area contributed by atoms with E-state index < -0.39 is 0 Å². The number of aryl methyl sites for hydroxylation is 2. The normalized spacial score (nSPS) is 10.6. The number of anilines is 1. The van der Waals surface area contributed by atoms with E-state index in [-0.39, 0.29) is 5.91 Å². The van der Waals surface area contributed by atoms with Crippen LogP contribution in [0, 0.1) is 13.8 Å². The predicted octanol–water partition coefficient (Wildman–Crippen LogP) is 4.15. The molecule has 3 rings (SSSR count). The highest BCUT2D eigenvalue weighted by molar-refractivity contribution is 6.04. The van der Waals surface area contributed by atoms with Gasteiger partial charge in [-0.3, -0.25) is 4.79 Å². The number of aromatic nitrogens is 1. The minimum Gasteiger partial charge on any atom is -0.491 e. The van der Waals surface area contributed by atoms with E-state index in [1.165, 1.54) is 0 Å². The van der Waals surface area contributed by atoms with Gasteiger partial charge < -0.3 is 24.1 Å². The molecule has 0 radical (unpaired) electrons. The molecular weight excluding hydrogens is 372 g/mol. The van der Waals surface area contributed by atoms with Crippen LogP contribution >= 0.6 is 0 Å². The minimum absolute atomic E-state index is 0.212. The van der Waals surface area contributed by atoms with Gasteiger partial charge in [0.1, 0.15) is 30.5 Å². The zero-order valence-corrected chi connectivity index (χ0v) is 16.7. The molecule has 29 heavy (non-hydrogen) atoms. The standard InChI is InChI=1S/C22H24N2O5/c1-15-21(16(2)29-24-15)14-28-19-9-7-17(8-10-19)22(25)23-18-5-4-6-20(13-18)27-12-11-26-3/h4-10,13H,11-12,14H2,1-3H3,(H,23,25). The largest absolute Gasteiger partial charge is 0.491 e. The Hall–Kier alpha value is -3.32. The summed E-state index contributed by atoms with van der Waals surface area (Å²) in [5, 5.41) is 6.78. The van der Waals surface area contributed by atoms with Gasteiger partial charge in [-0.1, -0.05) is 11.2 Å². The van der Waals surface area contributed by atoms with E-state index in [2.05, 4.69) is 10.5 Å². The number of amides is 1. The smallest absolute Gasteiger partial charge is 0.255 e. The summed E-state index contributed by atoms with van der Waals surface area (Å²) >= 11 is 0. The number of benzene rings is 2. The second-order valence-corrected chi connectivity index (χ2v) is 6.44. The first-order valence-electron chi connectivity index (χ1n) is 9.24. The molecule has 2 aromatic carbocycles. The van der Waals surface area contributed by atoms with Crippen molar-refractivity contribution in [3.63, 3.8) is 0 Å². The topological polar surface area (TPSA) is 82.8 Å². The fourth-order valence-electron chi connectivity index (χ4n) is 2.68. The molecule has 0 fully saturated rings. The van der Waals surface area contributed by atoms with Crippen molar-refractivity contribution in [2.24, 2.45) is 0 Å². The van der Waals surface area contributed by atoms with Crippen LogP contribution in [-0.2, 0) is 11.3 Å². The molecule has 0 aliphatic rings. The molecule has 0 atom stereocenters. The fourth-order valence-corrected chi connectivity index (χ4v) is 2.68. The van der Waals surface area contributed by atoms with Crippen molar-refractivity contribution in [3.05, 3.63) is 71.1 Å². The third-order valence-electron chi connectivity index (χ3n) is 4.33. The summed E-state index contributed by atoms with van der Waals surface area (Å²) < 4.78 is 21.4. The van der Waals surface area contributed by atoms with Crippen LogP contribution in [0.5, 0.6) is 11.5 Å². The molecular formula is C22H24N2O5. The van der Waals surface area contributed by atoms with Crippen molar-refractivity contribution in [2.45, 2.75) is 20.5 Å². The van der Waals surface area contributed by atoms with Gasteiger partial charge in [0, 0.05) is 24.4 Å². The molecule has 0 aliphatic carbocycles. The molecule has 0 spiro atoms. The van der Waals surface area contributed by atoms with Crippen molar-refractivity contribution >= 4 is 11.6 Å². The van der Waals surface area contributed by atoms with E-state index in [1.54, 1.807) is 37.4 Å². The molecule has 1 amide bonds. The highest BCUT2D eigenvalue weighted by Crippen LogP contribution is 2.20. The molecule has 1 aromatic heterocycles. The summed E-state index contributed by atoms with van der Waals surface area (Å²) in [4.78, 5) is 12.5. The van der Waals surface area contributed by atoms with Gasteiger partial charge in [-0.05, 0) is 50.2 Å². The summed E-state index contributed by atoms with van der Waals surface area (Å²) in [6, 6.07) is 14.2. The van der Waals surface area contributed by atoms with Gasteiger partial charge in [0.2, 0.25) is 0 Å². The molecule has 1 heterocycles. The lowest BCUT2D eigenvalue weighted by molar-refractivity contribution is 0.102. The quantitative estimate of drug-likeness (QED) is 0.547. The van der Waals surface area contributed by atoms with Gasteiger partial charge in [0.15, 0.2) is 0 Å². The van der Waals surface area contributed by atoms with E-state index in [0.29, 0.717) is 42.6 Å². The van der Waals surface area contributed by atoms with Crippen molar-refractivity contribution in [1.29, 1.82) is 0 Å². The van der Waals surface area contributed by atoms with Crippen molar-refractivity contribution in [2.75, 3.05) is 25.6 Å². The maximum atomic E-state index is 12.5. The number of ether oxygens (including phenoxy) is 3.